The van der Waals surface area contributed by atoms with Crippen molar-refractivity contribution in [2.24, 2.45) is 11.5 Å². The molecule has 1 fully saturated rings. The van der Waals surface area contributed by atoms with E-state index in [1.54, 1.807) is 30.3 Å². The first-order valence-electron chi connectivity index (χ1n) is 38.8. The first-order valence-corrected chi connectivity index (χ1v) is 41.2. The van der Waals surface area contributed by atoms with Gasteiger partial charge in [0.25, 0.3) is 0 Å². The van der Waals surface area contributed by atoms with Crippen LogP contribution >= 0.6 is 37.0 Å². The Kier molecular flexibility index (Phi) is 60.9. The summed E-state index contributed by atoms with van der Waals surface area (Å²) >= 11 is 9.36. The molecule has 1 aromatic rings. The Balaban J connectivity index is 2.16. The number of nitrogens with one attached hydrogen (secondary N) is 16. The average Bonchev–Trinajstić information content (AvgIpc) is 0.874. The summed E-state index contributed by atoms with van der Waals surface area (Å²) in [4.78, 5) is 214. The highest BCUT2D eigenvalue weighted by molar-refractivity contribution is 8.00. The van der Waals surface area contributed by atoms with Crippen molar-refractivity contribution in [1.29, 1.82) is 5.41 Å². The van der Waals surface area contributed by atoms with Gasteiger partial charge in [0, 0.05) is 62.9 Å². The summed E-state index contributed by atoms with van der Waals surface area (Å²) in [6.07, 6.45) is -2.02. The molecule has 7 atom stereocenters. The van der Waals surface area contributed by atoms with Crippen LogP contribution in [-0.2, 0) is 135 Å². The Morgan fingerprint density at radius 2 is 0.885 bits per heavy atom. The minimum atomic E-state index is -1.88. The van der Waals surface area contributed by atoms with Crippen LogP contribution in [0.5, 0.6) is 0 Å². The third kappa shape index (κ3) is 56.7. The van der Waals surface area contributed by atoms with Crippen LogP contribution in [0.2, 0.25) is 0 Å². The van der Waals surface area contributed by atoms with Crippen molar-refractivity contribution in [3.8, 4) is 0 Å². The second-order valence-electron chi connectivity index (χ2n) is 25.9. The van der Waals surface area contributed by atoms with E-state index < -0.39 is 200 Å². The number of hydrogen-bond donors (Lipinski definition) is 21. The molecule has 688 valence electrons. The molecule has 0 saturated carbocycles. The highest BCUT2D eigenvalue weighted by atomic mass is 32.2. The molecule has 50 heteroatoms. The first kappa shape index (κ1) is 108. The summed E-state index contributed by atoms with van der Waals surface area (Å²) < 4.78 is 58.5. The number of nitrogens with two attached hydrogens (primary N) is 2. The smallest absolute Gasteiger partial charge is 0.436 e. The number of thioether (sulfide) groups is 1. The predicted octanol–water partition coefficient (Wildman–Crippen LogP) is -8.32. The van der Waals surface area contributed by atoms with E-state index in [4.69, 9.17) is 69.1 Å². The van der Waals surface area contributed by atoms with Crippen molar-refractivity contribution in [3.05, 3.63) is 48.2 Å². The quantitative estimate of drug-likeness (QED) is 0.00719. The standard InChI is InChI=1S/C72H118N18O29S3/c1-47(2)119-72(107)90-118-42-61(96)79-17-21-110-25-29-114-32-34-115-33-31-113-28-24-109-20-16-78-60(95)41-117-40-58(93)76-13-7-6-11-50-66(102)87-53(43-120)69(105)85-49(12-8-14-81-71(74)75)64(100)82-37-57(92)84-52(36-63(98)99)68(104)88-54(44-121)70(106)86-51(35-48-9-4-3-5-10-48)67(103)89-55(45-122-46-62(97)83-50)65(101)80-18-22-111-26-30-112-27-23-108-19-15-77-59(94)39-116-38-56(73)91/h3-5,9-10,49-55,120-121H,1,6-8,11-46H2,2H3,(H2,73,91)(H,76,93)(H,77,94)(H,78,95)(H,79,96)(H,80,101)(H,82,100)(H,83,97)(H,84,92)(H,85,105)(H,86,106)(H,87,102)(H,88,104)(H,89,103)(H,90,107)(H,98,99)(H4,74,75,81)/t49-,50-,51-,52-,53-,54-,55-/m0/s1. The van der Waals surface area contributed by atoms with E-state index in [0.29, 0.717) is 38.6 Å². The molecule has 0 spiro atoms. The molecule has 21 N–H and O–H groups in total. The maximum absolute atomic E-state index is 14.6. The van der Waals surface area contributed by atoms with Crippen molar-refractivity contribution < 1.29 is 139 Å². The van der Waals surface area contributed by atoms with Gasteiger partial charge in [0.1, 0.15) is 68.7 Å². The van der Waals surface area contributed by atoms with Gasteiger partial charge in [-0.05, 0) is 44.6 Å². The van der Waals surface area contributed by atoms with E-state index in [2.05, 4.69) is 111 Å². The van der Waals surface area contributed by atoms with Crippen molar-refractivity contribution >= 4 is 138 Å². The van der Waals surface area contributed by atoms with Crippen LogP contribution < -0.4 is 91.4 Å². The largest absolute Gasteiger partial charge is 0.481 e. The molecule has 1 aliphatic heterocycles. The summed E-state index contributed by atoms with van der Waals surface area (Å²) in [5.74, 6) is -15.0. The highest BCUT2D eigenvalue weighted by Gasteiger charge is 2.34. The SMILES string of the molecule is C=C(C)OC(=O)NOCC(=O)NCCOCCOCCOCCOCCOCCNC(=O)COCC(=O)NCCCC[C@@H]1NC(=O)CSC[C@@H](C(=O)NCCOCCOCCOCCNC(=O)COCC(N)=O)NC(=O)[C@H](Cc2ccccc2)NC(=O)[C@H](CS)NC(=O)[C@H](CC(=O)O)NC(=O)CNC(=O)[C@H](CCCNC(=N)N)NC(=O)[C@H](CS)NC1=O. The molecular weight excluding hydrogens is 1680 g/mol. The number of thiol groups is 2. The molecule has 2 rings (SSSR count). The lowest BCUT2D eigenvalue weighted by atomic mass is 10.0. The number of carbonyl (C=O) groups is 16. The van der Waals surface area contributed by atoms with Gasteiger partial charge in [-0.1, -0.05) is 36.9 Å². The lowest BCUT2D eigenvalue weighted by molar-refractivity contribution is -0.141. The van der Waals surface area contributed by atoms with Crippen LogP contribution in [0, 0.1) is 5.41 Å². The van der Waals surface area contributed by atoms with Crippen LogP contribution in [0.3, 0.4) is 0 Å². The van der Waals surface area contributed by atoms with Crippen LogP contribution in [-0.4, -0.2) is 356 Å². The monoisotopic (exact) mass is 1790 g/mol. The Morgan fingerprint density at radius 3 is 1.37 bits per heavy atom. The fourth-order valence-corrected chi connectivity index (χ4v) is 11.3. The van der Waals surface area contributed by atoms with Gasteiger partial charge in [-0.2, -0.15) is 30.7 Å². The number of carboxylic acids is 1. The predicted molar refractivity (Wildman–Crippen MR) is 440 cm³/mol. The number of ether oxygens (including phenoxy) is 11. The van der Waals surface area contributed by atoms with Gasteiger partial charge in [-0.25, -0.2) is 4.79 Å². The van der Waals surface area contributed by atoms with Gasteiger partial charge in [-0.15, -0.1) is 11.8 Å². The number of primary amides is 1. The van der Waals surface area contributed by atoms with Crippen LogP contribution in [0.4, 0.5) is 4.79 Å². The summed E-state index contributed by atoms with van der Waals surface area (Å²) in [6, 6.07) is -2.58. The molecule has 1 aromatic carbocycles. The number of allylic oxidation sites excluding steroid dienone is 1. The molecule has 0 unspecified atom stereocenters. The summed E-state index contributed by atoms with van der Waals surface area (Å²) in [6.45, 7) is 5.48. The maximum atomic E-state index is 14.6. The summed E-state index contributed by atoms with van der Waals surface area (Å²) in [7, 11) is 0. The Labute approximate surface area is 720 Å². The van der Waals surface area contributed by atoms with E-state index in [-0.39, 0.29) is 169 Å². The topological polar surface area (TPSA) is 660 Å². The third-order valence-electron chi connectivity index (χ3n) is 15.7. The van der Waals surface area contributed by atoms with Gasteiger partial charge in [-0.3, -0.25) is 82.2 Å². The molecule has 0 bridgehead atoms. The second kappa shape index (κ2) is 68.7. The highest BCUT2D eigenvalue weighted by Crippen LogP contribution is 2.11. The summed E-state index contributed by atoms with van der Waals surface area (Å²) in [5.41, 5.74) is 12.9. The Hall–Kier alpha value is -9.84. The number of rotatable bonds is 58. The van der Waals surface area contributed by atoms with E-state index in [1.165, 1.54) is 6.92 Å². The molecule has 0 aromatic heterocycles. The number of benzene rings is 1. The zero-order valence-corrected chi connectivity index (χ0v) is 70.7. The van der Waals surface area contributed by atoms with E-state index in [9.17, 15) is 81.8 Å². The molecular formula is C72H118N18O29S3. The zero-order chi connectivity index (χ0) is 89.9. The van der Waals surface area contributed by atoms with Crippen LogP contribution in [0.25, 0.3) is 0 Å². The van der Waals surface area contributed by atoms with Crippen molar-refractivity contribution in [2.45, 2.75) is 94.2 Å². The Bertz CT molecular complexity index is 3410. The van der Waals surface area contributed by atoms with Gasteiger partial charge in [0.15, 0.2) is 12.6 Å². The molecule has 1 aliphatic rings. The van der Waals surface area contributed by atoms with Gasteiger partial charge in [0.05, 0.1) is 130 Å². The molecule has 15 amide bonds. The van der Waals surface area contributed by atoms with Crippen LogP contribution in [0.15, 0.2) is 42.7 Å². The number of hydroxylamine groups is 1. The minimum Gasteiger partial charge on any atom is -0.481 e. The second-order valence-corrected chi connectivity index (χ2v) is 27.7. The first-order chi connectivity index (χ1) is 58.6. The van der Waals surface area contributed by atoms with Gasteiger partial charge < -0.3 is 143 Å². The van der Waals surface area contributed by atoms with E-state index >= 15 is 0 Å². The molecule has 0 aliphatic carbocycles. The lowest BCUT2D eigenvalue weighted by Gasteiger charge is -2.26. The van der Waals surface area contributed by atoms with Gasteiger partial charge >= 0.3 is 12.1 Å². The zero-order valence-electron chi connectivity index (χ0n) is 68.0. The van der Waals surface area contributed by atoms with Crippen molar-refractivity contribution in [1.82, 2.24) is 79.9 Å². The number of unbranched alkanes of at least 4 members (excludes halogenated alkanes) is 1. The fourth-order valence-electron chi connectivity index (χ4n) is 9.89. The number of amides is 15. The van der Waals surface area contributed by atoms with Gasteiger partial charge in [0.2, 0.25) is 82.7 Å². The molecule has 1 heterocycles. The number of hydrogen-bond acceptors (Lipinski definition) is 32. The van der Waals surface area contributed by atoms with Crippen LogP contribution in [0.1, 0.15) is 51.0 Å². The Morgan fingerprint density at radius 1 is 0.475 bits per heavy atom. The molecule has 0 radical (unpaired) electrons. The number of guanidine groups is 1. The molecule has 47 nitrogen and oxygen atoms in total. The van der Waals surface area contributed by atoms with Crippen molar-refractivity contribution in [2.75, 3.05) is 208 Å². The van der Waals surface area contributed by atoms with E-state index in [0.717, 1.165) is 11.8 Å². The minimum absolute atomic E-state index is 0.0230. The molecule has 1 saturated heterocycles. The average molecular weight is 1800 g/mol. The fraction of sp³-hybridized carbons (Fsp3) is 0.653. The normalized spacial score (nSPS) is 17.9. The lowest BCUT2D eigenvalue weighted by Crippen LogP contribution is -2.60. The number of carbonyl (C=O) groups excluding carboxylic acids is 15. The third-order valence-corrected chi connectivity index (χ3v) is 17.5. The molecule has 122 heavy (non-hydrogen) atoms. The summed E-state index contributed by atoms with van der Waals surface area (Å²) in [5, 5.41) is 52.7. The maximum Gasteiger partial charge on any atom is 0.436 e. The van der Waals surface area contributed by atoms with E-state index in [1.807, 2.05) is 5.48 Å². The number of carboxylic acid groups (broad SMARTS) is 1. The number of aliphatic carboxylic acids is 1. The van der Waals surface area contributed by atoms with Crippen molar-refractivity contribution in [3.63, 3.8) is 0 Å².